The van der Waals surface area contributed by atoms with Crippen molar-refractivity contribution in [1.29, 1.82) is 0 Å². The Kier molecular flexibility index (Phi) is 6.28. The van der Waals surface area contributed by atoms with Crippen molar-refractivity contribution in [3.05, 3.63) is 79.4 Å². The molecule has 0 saturated carbocycles. The number of benzene rings is 2. The van der Waals surface area contributed by atoms with Crippen LogP contribution in [-0.2, 0) is 14.3 Å². The molecular weight excluding hydrogens is 465 g/mol. The Bertz CT molecular complexity index is 993. The lowest BCUT2D eigenvalue weighted by atomic mass is 10.0. The summed E-state index contributed by atoms with van der Waals surface area (Å²) in [6.45, 7) is 3.62. The van der Waals surface area contributed by atoms with E-state index < -0.39 is 5.97 Å². The van der Waals surface area contributed by atoms with Gasteiger partial charge in [0.05, 0.1) is 17.8 Å². The minimum absolute atomic E-state index is 0.189. The highest BCUT2D eigenvalue weighted by Gasteiger charge is 2.38. The molecule has 1 aliphatic rings. The van der Waals surface area contributed by atoms with Gasteiger partial charge in [0.15, 0.2) is 0 Å². The average Bonchev–Trinajstić information content (AvgIpc) is 2.89. The third kappa shape index (κ3) is 3.88. The van der Waals surface area contributed by atoms with Gasteiger partial charge in [0.1, 0.15) is 0 Å². The second-order valence-electron chi connectivity index (χ2n) is 5.99. The first kappa shape index (κ1) is 20.6. The summed E-state index contributed by atoms with van der Waals surface area (Å²) in [6.07, 6.45) is 1.54. The summed E-state index contributed by atoms with van der Waals surface area (Å²) in [5.74, 6) is -0.916. The largest absolute Gasteiger partial charge is 0.462 e. The molecule has 0 N–H and O–H groups in total. The molecule has 0 bridgehead atoms. The van der Waals surface area contributed by atoms with Gasteiger partial charge in [-0.15, -0.1) is 0 Å². The van der Waals surface area contributed by atoms with Crippen molar-refractivity contribution in [3.8, 4) is 0 Å². The van der Waals surface area contributed by atoms with Crippen molar-refractivity contribution in [2.75, 3.05) is 11.5 Å². The van der Waals surface area contributed by atoms with Crippen LogP contribution in [0.15, 0.2) is 63.8 Å². The van der Waals surface area contributed by atoms with Crippen molar-refractivity contribution >= 4 is 62.8 Å². The Labute approximate surface area is 181 Å². The minimum Gasteiger partial charge on any atom is -0.462 e. The summed E-state index contributed by atoms with van der Waals surface area (Å²) < 4.78 is 6.07. The maximum Gasteiger partial charge on any atom is 0.340 e. The normalized spacial score (nSPS) is 15.5. The molecule has 1 aliphatic heterocycles. The minimum atomic E-state index is -0.567. The van der Waals surface area contributed by atoms with E-state index in [1.54, 1.807) is 50.3 Å². The maximum atomic E-state index is 13.3. The fraction of sp³-hybridized carbons (Fsp3) is 0.143. The zero-order valence-electron chi connectivity index (χ0n) is 15.1. The molecule has 0 saturated heterocycles. The van der Waals surface area contributed by atoms with Crippen LogP contribution in [0, 0.1) is 0 Å². The van der Waals surface area contributed by atoms with E-state index in [2.05, 4.69) is 15.9 Å². The van der Waals surface area contributed by atoms with Gasteiger partial charge < -0.3 is 4.74 Å². The SMILES string of the molecule is CCOC(=O)C1=C(C)N(c2ccc(Br)cc2)C(=O)/C1=C\c1c(Cl)cccc1Cl. The first-order valence-electron chi connectivity index (χ1n) is 8.49. The number of halogens is 3. The molecule has 1 amide bonds. The molecule has 0 radical (unpaired) electrons. The molecule has 0 aliphatic carbocycles. The Balaban J connectivity index is 2.18. The standard InChI is InChI=1S/C21H16BrCl2NO3/c1-3-28-21(27)19-12(2)25(14-9-7-13(22)8-10-14)20(26)16(19)11-15-17(23)5-4-6-18(15)24/h4-11H,3H2,1-2H3/b16-11-. The quantitative estimate of drug-likeness (QED) is 0.396. The highest BCUT2D eigenvalue weighted by atomic mass is 79.9. The first-order valence-corrected chi connectivity index (χ1v) is 10.0. The van der Waals surface area contributed by atoms with Crippen LogP contribution in [0.4, 0.5) is 5.69 Å². The second kappa shape index (κ2) is 8.52. The van der Waals surface area contributed by atoms with Crippen LogP contribution in [0.1, 0.15) is 19.4 Å². The van der Waals surface area contributed by atoms with E-state index in [9.17, 15) is 9.59 Å². The Morgan fingerprint density at radius 3 is 2.32 bits per heavy atom. The van der Waals surface area contributed by atoms with E-state index in [1.807, 2.05) is 12.1 Å². The zero-order chi connectivity index (χ0) is 20.4. The summed E-state index contributed by atoms with van der Waals surface area (Å²) in [5.41, 5.74) is 1.99. The molecule has 7 heteroatoms. The van der Waals surface area contributed by atoms with Crippen molar-refractivity contribution < 1.29 is 14.3 Å². The molecule has 3 rings (SSSR count). The van der Waals surface area contributed by atoms with Gasteiger partial charge in [-0.05, 0) is 56.3 Å². The molecule has 0 aromatic heterocycles. The van der Waals surface area contributed by atoms with Crippen molar-refractivity contribution in [2.45, 2.75) is 13.8 Å². The summed E-state index contributed by atoms with van der Waals surface area (Å²) in [7, 11) is 0. The Morgan fingerprint density at radius 2 is 1.75 bits per heavy atom. The summed E-state index contributed by atoms with van der Waals surface area (Å²) in [5, 5.41) is 0.770. The molecule has 0 unspecified atom stereocenters. The molecular formula is C21H16BrCl2NO3. The van der Waals surface area contributed by atoms with Crippen LogP contribution in [0.5, 0.6) is 0 Å². The molecule has 0 spiro atoms. The topological polar surface area (TPSA) is 46.6 Å². The number of carbonyl (C=O) groups is 2. The van der Waals surface area contributed by atoms with Crippen molar-refractivity contribution in [2.24, 2.45) is 0 Å². The Morgan fingerprint density at radius 1 is 1.14 bits per heavy atom. The molecule has 1 heterocycles. The van der Waals surface area contributed by atoms with Crippen LogP contribution < -0.4 is 4.90 Å². The van der Waals surface area contributed by atoms with E-state index in [0.717, 1.165) is 4.47 Å². The van der Waals surface area contributed by atoms with Crippen LogP contribution in [0.2, 0.25) is 10.0 Å². The van der Waals surface area contributed by atoms with Gasteiger partial charge in [0, 0.05) is 31.5 Å². The summed E-state index contributed by atoms with van der Waals surface area (Å²) in [4.78, 5) is 27.4. The lowest BCUT2D eigenvalue weighted by Gasteiger charge is -2.18. The number of nitrogens with zero attached hydrogens (tertiary/aromatic N) is 1. The number of ether oxygens (including phenoxy) is 1. The predicted molar refractivity (Wildman–Crippen MR) is 115 cm³/mol. The highest BCUT2D eigenvalue weighted by molar-refractivity contribution is 9.10. The number of carbonyl (C=O) groups excluding carboxylic acids is 2. The number of amides is 1. The van der Waals surface area contributed by atoms with E-state index in [-0.39, 0.29) is 23.7 Å². The average molecular weight is 481 g/mol. The van der Waals surface area contributed by atoms with Crippen LogP contribution >= 0.6 is 39.1 Å². The van der Waals surface area contributed by atoms with Crippen LogP contribution in [0.3, 0.4) is 0 Å². The molecule has 0 atom stereocenters. The fourth-order valence-electron chi connectivity index (χ4n) is 2.98. The predicted octanol–water partition coefficient (Wildman–Crippen LogP) is 6.02. The van der Waals surface area contributed by atoms with Crippen molar-refractivity contribution in [3.63, 3.8) is 0 Å². The Hall–Kier alpha value is -2.08. The van der Waals surface area contributed by atoms with Gasteiger partial charge in [0.2, 0.25) is 0 Å². The molecule has 28 heavy (non-hydrogen) atoms. The van der Waals surface area contributed by atoms with Gasteiger partial charge >= 0.3 is 5.97 Å². The van der Waals surface area contributed by atoms with E-state index in [4.69, 9.17) is 27.9 Å². The molecule has 144 valence electrons. The number of allylic oxidation sites excluding steroid dienone is 1. The van der Waals surface area contributed by atoms with Gasteiger partial charge in [-0.1, -0.05) is 45.2 Å². The van der Waals surface area contributed by atoms with Gasteiger partial charge in [-0.3, -0.25) is 9.69 Å². The molecule has 2 aromatic rings. The molecule has 4 nitrogen and oxygen atoms in total. The third-order valence-corrected chi connectivity index (χ3v) is 5.44. The monoisotopic (exact) mass is 479 g/mol. The zero-order valence-corrected chi connectivity index (χ0v) is 18.2. The number of hydrogen-bond donors (Lipinski definition) is 0. The number of anilines is 1. The number of esters is 1. The first-order chi connectivity index (χ1) is 13.3. The smallest absolute Gasteiger partial charge is 0.340 e. The van der Waals surface area contributed by atoms with E-state index in [0.29, 0.717) is 27.0 Å². The molecule has 0 fully saturated rings. The molecule has 2 aromatic carbocycles. The van der Waals surface area contributed by atoms with E-state index >= 15 is 0 Å². The number of hydrogen-bond acceptors (Lipinski definition) is 3. The van der Waals surface area contributed by atoms with Crippen LogP contribution in [0.25, 0.3) is 6.08 Å². The second-order valence-corrected chi connectivity index (χ2v) is 7.72. The van der Waals surface area contributed by atoms with E-state index in [1.165, 1.54) is 4.90 Å². The fourth-order valence-corrected chi connectivity index (χ4v) is 3.75. The third-order valence-electron chi connectivity index (χ3n) is 4.25. The summed E-state index contributed by atoms with van der Waals surface area (Å²) >= 11 is 15.9. The van der Waals surface area contributed by atoms with Crippen LogP contribution in [-0.4, -0.2) is 18.5 Å². The number of rotatable bonds is 4. The van der Waals surface area contributed by atoms with Gasteiger partial charge in [-0.2, -0.15) is 0 Å². The maximum absolute atomic E-state index is 13.3. The highest BCUT2D eigenvalue weighted by Crippen LogP contribution is 2.37. The van der Waals surface area contributed by atoms with Crippen molar-refractivity contribution in [1.82, 2.24) is 0 Å². The lowest BCUT2D eigenvalue weighted by Crippen LogP contribution is -2.24. The lowest BCUT2D eigenvalue weighted by molar-refractivity contribution is -0.138. The summed E-state index contributed by atoms with van der Waals surface area (Å²) in [6, 6.07) is 12.3. The van der Waals surface area contributed by atoms with Gasteiger partial charge in [-0.25, -0.2) is 4.79 Å². The van der Waals surface area contributed by atoms with Gasteiger partial charge in [0.25, 0.3) is 5.91 Å².